The van der Waals surface area contributed by atoms with Gasteiger partial charge in [0.05, 0.1) is 11.3 Å². The number of amides is 2. The second kappa shape index (κ2) is 5.73. The van der Waals surface area contributed by atoms with E-state index >= 15 is 0 Å². The van der Waals surface area contributed by atoms with E-state index in [2.05, 4.69) is 10.6 Å². The lowest BCUT2D eigenvalue weighted by atomic mass is 10.3. The number of anilines is 2. The van der Waals surface area contributed by atoms with Crippen LogP contribution in [0.5, 0.6) is 0 Å². The molecule has 0 unspecified atom stereocenters. The van der Waals surface area contributed by atoms with Crippen molar-refractivity contribution in [3.8, 4) is 0 Å². The maximum absolute atomic E-state index is 11.7. The van der Waals surface area contributed by atoms with E-state index in [1.807, 2.05) is 0 Å². The van der Waals surface area contributed by atoms with Crippen molar-refractivity contribution in [3.63, 3.8) is 0 Å². The van der Waals surface area contributed by atoms with E-state index in [1.54, 1.807) is 29.6 Å². The van der Waals surface area contributed by atoms with Gasteiger partial charge in [-0.2, -0.15) is 0 Å². The third kappa shape index (κ3) is 3.46. The smallest absolute Gasteiger partial charge is 0.338 e. The van der Waals surface area contributed by atoms with Crippen molar-refractivity contribution < 1.29 is 14.7 Å². The average molecular weight is 297 g/mol. The number of carboxylic acids is 1. The largest absolute Gasteiger partial charge is 0.478 e. The fourth-order valence-electron chi connectivity index (χ4n) is 1.38. The molecule has 2 rings (SSSR count). The molecule has 0 fully saturated rings. The van der Waals surface area contributed by atoms with Gasteiger partial charge in [-0.05, 0) is 24.3 Å². The van der Waals surface area contributed by atoms with Gasteiger partial charge in [-0.3, -0.25) is 0 Å². The summed E-state index contributed by atoms with van der Waals surface area (Å²) in [4.78, 5) is 22.6. The SMILES string of the molecule is O=C(Nc1ccc(Cl)cc1)Nc1cscc1C(=O)O. The molecule has 0 saturated heterocycles. The number of hydrogen-bond donors (Lipinski definition) is 3. The lowest BCUT2D eigenvalue weighted by molar-refractivity contribution is 0.0698. The first-order valence-corrected chi connectivity index (χ1v) is 6.51. The number of carbonyl (C=O) groups is 2. The normalized spacial score (nSPS) is 9.95. The van der Waals surface area contributed by atoms with Gasteiger partial charge in [0, 0.05) is 21.5 Å². The van der Waals surface area contributed by atoms with Crippen molar-refractivity contribution >= 4 is 46.3 Å². The lowest BCUT2D eigenvalue weighted by Crippen LogP contribution is -2.20. The molecule has 2 aromatic rings. The van der Waals surface area contributed by atoms with Gasteiger partial charge in [0.2, 0.25) is 0 Å². The lowest BCUT2D eigenvalue weighted by Gasteiger charge is -2.07. The van der Waals surface area contributed by atoms with Gasteiger partial charge in [0.1, 0.15) is 0 Å². The predicted molar refractivity (Wildman–Crippen MR) is 75.4 cm³/mol. The summed E-state index contributed by atoms with van der Waals surface area (Å²) >= 11 is 6.93. The molecule has 98 valence electrons. The molecule has 0 aliphatic carbocycles. The van der Waals surface area contributed by atoms with Crippen LogP contribution in [-0.2, 0) is 0 Å². The van der Waals surface area contributed by atoms with Gasteiger partial charge in [0.25, 0.3) is 0 Å². The first-order chi connectivity index (χ1) is 9.06. The highest BCUT2D eigenvalue weighted by Crippen LogP contribution is 2.21. The van der Waals surface area contributed by atoms with Gasteiger partial charge in [-0.1, -0.05) is 11.6 Å². The number of carboxylic acid groups (broad SMARTS) is 1. The first kappa shape index (κ1) is 13.4. The highest BCUT2D eigenvalue weighted by atomic mass is 35.5. The van der Waals surface area contributed by atoms with Gasteiger partial charge < -0.3 is 15.7 Å². The summed E-state index contributed by atoms with van der Waals surface area (Å²) < 4.78 is 0. The zero-order valence-corrected chi connectivity index (χ0v) is 11.1. The summed E-state index contributed by atoms with van der Waals surface area (Å²) in [5.41, 5.74) is 0.897. The second-order valence-electron chi connectivity index (χ2n) is 3.59. The molecule has 5 nitrogen and oxygen atoms in total. The highest BCUT2D eigenvalue weighted by Gasteiger charge is 2.13. The Balaban J connectivity index is 2.03. The van der Waals surface area contributed by atoms with Crippen molar-refractivity contribution in [3.05, 3.63) is 45.6 Å². The fourth-order valence-corrected chi connectivity index (χ4v) is 2.26. The van der Waals surface area contributed by atoms with E-state index < -0.39 is 12.0 Å². The van der Waals surface area contributed by atoms with E-state index in [4.69, 9.17) is 16.7 Å². The zero-order chi connectivity index (χ0) is 13.8. The van der Waals surface area contributed by atoms with Crippen LogP contribution in [0.4, 0.5) is 16.2 Å². The zero-order valence-electron chi connectivity index (χ0n) is 9.51. The third-order valence-corrected chi connectivity index (χ3v) is 3.24. The molecule has 0 radical (unpaired) electrons. The monoisotopic (exact) mass is 296 g/mol. The fraction of sp³-hybridized carbons (Fsp3) is 0. The molecule has 0 bridgehead atoms. The Hall–Kier alpha value is -2.05. The number of carbonyl (C=O) groups excluding carboxylic acids is 1. The number of halogens is 1. The molecule has 19 heavy (non-hydrogen) atoms. The number of benzene rings is 1. The molecule has 1 aromatic heterocycles. The van der Waals surface area contributed by atoms with Crippen LogP contribution in [0.2, 0.25) is 5.02 Å². The summed E-state index contributed by atoms with van der Waals surface area (Å²) in [7, 11) is 0. The number of nitrogens with one attached hydrogen (secondary N) is 2. The Kier molecular flexibility index (Phi) is 4.03. The van der Waals surface area contributed by atoms with Crippen LogP contribution in [0.15, 0.2) is 35.0 Å². The Labute approximate surface area is 117 Å². The number of rotatable bonds is 3. The van der Waals surface area contributed by atoms with Crippen molar-refractivity contribution in [1.82, 2.24) is 0 Å². The van der Waals surface area contributed by atoms with Crippen molar-refractivity contribution in [2.75, 3.05) is 10.6 Å². The number of urea groups is 1. The molecular weight excluding hydrogens is 288 g/mol. The number of thiophene rings is 1. The molecule has 7 heteroatoms. The van der Waals surface area contributed by atoms with Crippen LogP contribution < -0.4 is 10.6 Å². The molecule has 0 aliphatic heterocycles. The van der Waals surface area contributed by atoms with E-state index in [0.29, 0.717) is 10.7 Å². The molecule has 0 aliphatic rings. The Morgan fingerprint density at radius 3 is 2.42 bits per heavy atom. The quantitative estimate of drug-likeness (QED) is 0.807. The number of hydrogen-bond acceptors (Lipinski definition) is 3. The highest BCUT2D eigenvalue weighted by molar-refractivity contribution is 7.08. The maximum Gasteiger partial charge on any atom is 0.338 e. The minimum atomic E-state index is -1.08. The summed E-state index contributed by atoms with van der Waals surface area (Å²) in [5, 5.41) is 17.6. The summed E-state index contributed by atoms with van der Waals surface area (Å²) in [6.07, 6.45) is 0. The van der Waals surface area contributed by atoms with Crippen LogP contribution in [0.25, 0.3) is 0 Å². The average Bonchev–Trinajstić information content (AvgIpc) is 2.80. The summed E-state index contributed by atoms with van der Waals surface area (Å²) in [6.45, 7) is 0. The molecular formula is C12H9ClN2O3S. The van der Waals surface area contributed by atoms with Crippen LogP contribution in [-0.4, -0.2) is 17.1 Å². The predicted octanol–water partition coefficient (Wildman–Crippen LogP) is 3.74. The number of aromatic carboxylic acids is 1. The van der Waals surface area contributed by atoms with E-state index in [-0.39, 0.29) is 11.3 Å². The standard InChI is InChI=1S/C12H9ClN2O3S/c13-7-1-3-8(4-2-7)14-12(18)15-10-6-19-5-9(10)11(16)17/h1-6H,(H,16,17)(H2,14,15,18). The van der Waals surface area contributed by atoms with Gasteiger partial charge in [-0.25, -0.2) is 9.59 Å². The second-order valence-corrected chi connectivity index (χ2v) is 4.77. The van der Waals surface area contributed by atoms with Gasteiger partial charge in [0.15, 0.2) is 0 Å². The van der Waals surface area contributed by atoms with E-state index in [1.165, 1.54) is 16.7 Å². The van der Waals surface area contributed by atoms with E-state index in [9.17, 15) is 9.59 Å². The Morgan fingerprint density at radius 2 is 1.79 bits per heavy atom. The van der Waals surface area contributed by atoms with Gasteiger partial charge >= 0.3 is 12.0 Å². The van der Waals surface area contributed by atoms with Crippen LogP contribution in [0.3, 0.4) is 0 Å². The molecule has 0 atom stereocenters. The van der Waals surface area contributed by atoms with Crippen LogP contribution >= 0.6 is 22.9 Å². The molecule has 0 saturated carbocycles. The Morgan fingerprint density at radius 1 is 1.11 bits per heavy atom. The van der Waals surface area contributed by atoms with E-state index in [0.717, 1.165) is 0 Å². The first-order valence-electron chi connectivity index (χ1n) is 5.19. The van der Waals surface area contributed by atoms with Crippen LogP contribution in [0.1, 0.15) is 10.4 Å². The van der Waals surface area contributed by atoms with Crippen molar-refractivity contribution in [1.29, 1.82) is 0 Å². The summed E-state index contributed by atoms with van der Waals surface area (Å²) in [5.74, 6) is -1.08. The molecule has 1 heterocycles. The minimum Gasteiger partial charge on any atom is -0.478 e. The van der Waals surface area contributed by atoms with Gasteiger partial charge in [-0.15, -0.1) is 11.3 Å². The maximum atomic E-state index is 11.7. The van der Waals surface area contributed by atoms with Crippen LogP contribution in [0, 0.1) is 0 Å². The minimum absolute atomic E-state index is 0.0660. The third-order valence-electron chi connectivity index (χ3n) is 2.24. The molecule has 3 N–H and O–H groups in total. The molecule has 0 spiro atoms. The summed E-state index contributed by atoms with van der Waals surface area (Å²) in [6, 6.07) is 6.07. The Bertz CT molecular complexity index is 610. The molecule has 1 aromatic carbocycles. The van der Waals surface area contributed by atoms with Crippen molar-refractivity contribution in [2.45, 2.75) is 0 Å². The topological polar surface area (TPSA) is 78.4 Å². The molecule has 2 amide bonds. The van der Waals surface area contributed by atoms with Crippen molar-refractivity contribution in [2.24, 2.45) is 0 Å².